The van der Waals surface area contributed by atoms with E-state index >= 15 is 0 Å². The van der Waals surface area contributed by atoms with Crippen LogP contribution in [0.4, 0.5) is 0 Å². The van der Waals surface area contributed by atoms with Crippen molar-refractivity contribution >= 4 is 27.9 Å². The quantitative estimate of drug-likeness (QED) is 0.623. The van der Waals surface area contributed by atoms with Crippen molar-refractivity contribution in [2.75, 3.05) is 13.1 Å². The van der Waals surface area contributed by atoms with Gasteiger partial charge in [0.2, 0.25) is 0 Å². The van der Waals surface area contributed by atoms with Crippen LogP contribution in [0.25, 0.3) is 6.08 Å². The Balaban J connectivity index is 2.26. The highest BCUT2D eigenvalue weighted by atomic mass is 79.9. The average Bonchev–Trinajstić information content (AvgIpc) is 2.91. The molecule has 0 aliphatic carbocycles. The van der Waals surface area contributed by atoms with Crippen LogP contribution in [0.3, 0.4) is 0 Å². The number of hydrogen-bond donors (Lipinski definition) is 0. The molecule has 18 heavy (non-hydrogen) atoms. The van der Waals surface area contributed by atoms with Gasteiger partial charge < -0.3 is 4.90 Å². The van der Waals surface area contributed by atoms with Gasteiger partial charge in [0.15, 0.2) is 0 Å². The Morgan fingerprint density at radius 3 is 2.61 bits per heavy atom. The van der Waals surface area contributed by atoms with Gasteiger partial charge in [0.1, 0.15) is 11.6 Å². The van der Waals surface area contributed by atoms with Crippen molar-refractivity contribution in [3.8, 4) is 6.07 Å². The Labute approximate surface area is 115 Å². The molecule has 1 heterocycles. The smallest absolute Gasteiger partial charge is 0.264 e. The van der Waals surface area contributed by atoms with Crippen molar-refractivity contribution in [1.82, 2.24) is 4.90 Å². The summed E-state index contributed by atoms with van der Waals surface area (Å²) in [6.07, 6.45) is 3.70. The fraction of sp³-hybridized carbons (Fsp3) is 0.286. The van der Waals surface area contributed by atoms with E-state index < -0.39 is 0 Å². The topological polar surface area (TPSA) is 44.1 Å². The minimum atomic E-state index is -0.161. The zero-order chi connectivity index (χ0) is 13.0. The molecule has 1 saturated heterocycles. The molecule has 0 bridgehead atoms. The highest BCUT2D eigenvalue weighted by Gasteiger charge is 2.21. The molecule has 1 fully saturated rings. The first-order chi connectivity index (χ1) is 8.72. The third kappa shape index (κ3) is 2.80. The molecule has 1 aliphatic heterocycles. The molecule has 2 rings (SSSR count). The van der Waals surface area contributed by atoms with Crippen LogP contribution < -0.4 is 0 Å². The van der Waals surface area contributed by atoms with Gasteiger partial charge in [0, 0.05) is 17.6 Å². The van der Waals surface area contributed by atoms with Crippen molar-refractivity contribution in [2.45, 2.75) is 12.8 Å². The summed E-state index contributed by atoms with van der Waals surface area (Å²) < 4.78 is 0.881. The molecule has 0 N–H and O–H groups in total. The third-order valence-corrected chi connectivity index (χ3v) is 3.67. The van der Waals surface area contributed by atoms with Gasteiger partial charge in [-0.1, -0.05) is 34.1 Å². The standard InChI is InChI=1S/C14H13BrN2O/c15-13-6-2-1-5-11(13)9-12(10-16)14(18)17-7-3-4-8-17/h1-2,5-6,9H,3-4,7-8H2/b12-9+. The lowest BCUT2D eigenvalue weighted by Crippen LogP contribution is -2.28. The number of carbonyl (C=O) groups excluding carboxylic acids is 1. The van der Waals surface area contributed by atoms with E-state index in [4.69, 9.17) is 5.26 Å². The molecular weight excluding hydrogens is 292 g/mol. The van der Waals surface area contributed by atoms with Crippen LogP contribution in [0.2, 0.25) is 0 Å². The second-order valence-electron chi connectivity index (χ2n) is 4.19. The Hall–Kier alpha value is -1.60. The Morgan fingerprint density at radius 2 is 2.00 bits per heavy atom. The molecule has 0 aromatic heterocycles. The second-order valence-corrected chi connectivity index (χ2v) is 5.04. The highest BCUT2D eigenvalue weighted by Crippen LogP contribution is 2.20. The van der Waals surface area contributed by atoms with E-state index in [1.165, 1.54) is 0 Å². The molecule has 0 saturated carbocycles. The van der Waals surface area contributed by atoms with Gasteiger partial charge in [0.25, 0.3) is 5.91 Å². The van der Waals surface area contributed by atoms with Gasteiger partial charge in [0.05, 0.1) is 0 Å². The first-order valence-corrected chi connectivity index (χ1v) is 6.67. The summed E-state index contributed by atoms with van der Waals surface area (Å²) in [7, 11) is 0. The number of nitriles is 1. The van der Waals surface area contributed by atoms with Crippen LogP contribution in [0.5, 0.6) is 0 Å². The fourth-order valence-corrected chi connectivity index (χ4v) is 2.38. The summed E-state index contributed by atoms with van der Waals surface area (Å²) in [4.78, 5) is 13.9. The normalized spacial score (nSPS) is 15.6. The zero-order valence-corrected chi connectivity index (χ0v) is 11.5. The van der Waals surface area contributed by atoms with E-state index in [1.54, 1.807) is 11.0 Å². The lowest BCUT2D eigenvalue weighted by Gasteiger charge is -2.14. The first-order valence-electron chi connectivity index (χ1n) is 5.88. The Morgan fingerprint density at radius 1 is 1.33 bits per heavy atom. The van der Waals surface area contributed by atoms with E-state index in [0.717, 1.165) is 36.0 Å². The van der Waals surface area contributed by atoms with Crippen LogP contribution in [0.1, 0.15) is 18.4 Å². The molecule has 92 valence electrons. The van der Waals surface area contributed by atoms with Gasteiger partial charge in [-0.05, 0) is 30.5 Å². The number of nitrogens with zero attached hydrogens (tertiary/aromatic N) is 2. The van der Waals surface area contributed by atoms with Gasteiger partial charge >= 0.3 is 0 Å². The molecule has 3 nitrogen and oxygen atoms in total. The largest absolute Gasteiger partial charge is 0.338 e. The summed E-state index contributed by atoms with van der Waals surface area (Å²) in [5.74, 6) is -0.161. The number of benzene rings is 1. The van der Waals surface area contributed by atoms with Gasteiger partial charge in [-0.3, -0.25) is 4.79 Å². The molecule has 0 unspecified atom stereocenters. The highest BCUT2D eigenvalue weighted by molar-refractivity contribution is 9.10. The molecule has 1 aliphatic rings. The van der Waals surface area contributed by atoms with E-state index in [-0.39, 0.29) is 11.5 Å². The minimum Gasteiger partial charge on any atom is -0.338 e. The van der Waals surface area contributed by atoms with E-state index in [2.05, 4.69) is 15.9 Å². The predicted octanol–water partition coefficient (Wildman–Crippen LogP) is 2.98. The summed E-state index contributed by atoms with van der Waals surface area (Å²) in [5.41, 5.74) is 1.05. The lowest BCUT2D eigenvalue weighted by atomic mass is 10.1. The maximum Gasteiger partial charge on any atom is 0.264 e. The van der Waals surface area contributed by atoms with E-state index in [1.807, 2.05) is 30.3 Å². The third-order valence-electron chi connectivity index (χ3n) is 2.95. The average molecular weight is 305 g/mol. The summed E-state index contributed by atoms with van der Waals surface area (Å²) >= 11 is 3.41. The van der Waals surface area contributed by atoms with Crippen molar-refractivity contribution in [2.24, 2.45) is 0 Å². The maximum absolute atomic E-state index is 12.1. The van der Waals surface area contributed by atoms with Crippen LogP contribution in [-0.4, -0.2) is 23.9 Å². The number of likely N-dealkylation sites (tertiary alicyclic amines) is 1. The predicted molar refractivity (Wildman–Crippen MR) is 73.5 cm³/mol. The molecule has 0 radical (unpaired) electrons. The van der Waals surface area contributed by atoms with Crippen LogP contribution in [0.15, 0.2) is 34.3 Å². The molecule has 4 heteroatoms. The molecule has 1 aromatic carbocycles. The zero-order valence-electron chi connectivity index (χ0n) is 9.90. The molecule has 0 spiro atoms. The SMILES string of the molecule is N#C/C(=C\c1ccccc1Br)C(=O)N1CCCC1. The molecule has 1 amide bonds. The van der Waals surface area contributed by atoms with Crippen molar-refractivity contribution < 1.29 is 4.79 Å². The monoisotopic (exact) mass is 304 g/mol. The molecule has 1 aromatic rings. The minimum absolute atomic E-state index is 0.161. The van der Waals surface area contributed by atoms with Gasteiger partial charge in [-0.2, -0.15) is 5.26 Å². The van der Waals surface area contributed by atoms with E-state index in [9.17, 15) is 4.79 Å². The van der Waals surface area contributed by atoms with Gasteiger partial charge in [-0.15, -0.1) is 0 Å². The number of rotatable bonds is 2. The Bertz CT molecular complexity index is 525. The number of hydrogen-bond acceptors (Lipinski definition) is 2. The summed E-state index contributed by atoms with van der Waals surface area (Å²) in [6, 6.07) is 9.55. The lowest BCUT2D eigenvalue weighted by molar-refractivity contribution is -0.125. The van der Waals surface area contributed by atoms with Crippen molar-refractivity contribution in [3.05, 3.63) is 39.9 Å². The maximum atomic E-state index is 12.1. The Kier molecular flexibility index (Phi) is 4.16. The number of halogens is 1. The molecule has 0 atom stereocenters. The van der Waals surface area contributed by atoms with Gasteiger partial charge in [-0.25, -0.2) is 0 Å². The molecular formula is C14H13BrN2O. The van der Waals surface area contributed by atoms with Crippen molar-refractivity contribution in [3.63, 3.8) is 0 Å². The number of amides is 1. The fourth-order valence-electron chi connectivity index (χ4n) is 1.98. The first kappa shape index (κ1) is 12.8. The van der Waals surface area contributed by atoms with Crippen LogP contribution in [0, 0.1) is 11.3 Å². The second kappa shape index (κ2) is 5.83. The van der Waals surface area contributed by atoms with Crippen molar-refractivity contribution in [1.29, 1.82) is 5.26 Å². The summed E-state index contributed by atoms with van der Waals surface area (Å²) in [5, 5.41) is 9.13. The van der Waals surface area contributed by atoms with Crippen LogP contribution in [-0.2, 0) is 4.79 Å². The number of carbonyl (C=O) groups is 1. The van der Waals surface area contributed by atoms with Crippen LogP contribution >= 0.6 is 15.9 Å². The van der Waals surface area contributed by atoms with E-state index in [0.29, 0.717) is 0 Å². The summed E-state index contributed by atoms with van der Waals surface area (Å²) in [6.45, 7) is 1.52.